The first kappa shape index (κ1) is 14.4. The van der Waals surface area contributed by atoms with Gasteiger partial charge in [0.25, 0.3) is 5.56 Å². The summed E-state index contributed by atoms with van der Waals surface area (Å²) in [6.07, 6.45) is 3.45. The van der Waals surface area contributed by atoms with Gasteiger partial charge in [-0.3, -0.25) is 4.79 Å². The minimum absolute atomic E-state index is 0.0429. The van der Waals surface area contributed by atoms with E-state index in [1.807, 2.05) is 24.3 Å². The van der Waals surface area contributed by atoms with Crippen LogP contribution in [0, 0.1) is 0 Å². The van der Waals surface area contributed by atoms with Gasteiger partial charge in [-0.05, 0) is 66.1 Å². The molecule has 0 unspecified atom stereocenters. The number of rotatable bonds is 3. The fourth-order valence-electron chi connectivity index (χ4n) is 3.66. The molecule has 25 heavy (non-hydrogen) atoms. The number of pyridine rings is 1. The molecule has 0 fully saturated rings. The first-order valence-corrected chi connectivity index (χ1v) is 8.57. The monoisotopic (exact) mass is 334 g/mol. The van der Waals surface area contributed by atoms with Crippen LogP contribution < -0.4 is 20.3 Å². The topological polar surface area (TPSA) is 63.4 Å². The molecule has 5 rings (SSSR count). The number of benzene rings is 2. The van der Waals surface area contributed by atoms with Gasteiger partial charge in [-0.1, -0.05) is 0 Å². The van der Waals surface area contributed by atoms with Gasteiger partial charge in [-0.25, -0.2) is 0 Å². The second-order valence-corrected chi connectivity index (χ2v) is 6.61. The summed E-state index contributed by atoms with van der Waals surface area (Å²) in [5.41, 5.74) is 5.29. The quantitative estimate of drug-likeness (QED) is 0.771. The highest BCUT2D eigenvalue weighted by Gasteiger charge is 2.14. The number of aryl methyl sites for hydroxylation is 2. The number of hydrogen-bond acceptors (Lipinski definition) is 4. The molecule has 2 aromatic carbocycles. The van der Waals surface area contributed by atoms with Crippen molar-refractivity contribution in [1.82, 2.24) is 4.98 Å². The van der Waals surface area contributed by atoms with Crippen molar-refractivity contribution >= 4 is 16.6 Å². The van der Waals surface area contributed by atoms with Gasteiger partial charge >= 0.3 is 0 Å². The molecule has 0 radical (unpaired) electrons. The predicted octanol–water partition coefficient (Wildman–Crippen LogP) is 3.36. The van der Waals surface area contributed by atoms with E-state index in [0.717, 1.165) is 46.5 Å². The summed E-state index contributed by atoms with van der Waals surface area (Å²) in [5.74, 6) is 1.48. The average Bonchev–Trinajstić information content (AvgIpc) is 3.26. The third-order valence-corrected chi connectivity index (χ3v) is 4.99. The molecule has 1 aromatic heterocycles. The van der Waals surface area contributed by atoms with Crippen LogP contribution in [-0.2, 0) is 19.4 Å². The zero-order valence-corrected chi connectivity index (χ0v) is 13.7. The molecule has 0 bridgehead atoms. The van der Waals surface area contributed by atoms with Gasteiger partial charge in [0.15, 0.2) is 11.5 Å². The molecule has 1 aliphatic heterocycles. The van der Waals surface area contributed by atoms with Gasteiger partial charge in [0, 0.05) is 29.4 Å². The zero-order valence-electron chi connectivity index (χ0n) is 13.7. The summed E-state index contributed by atoms with van der Waals surface area (Å²) in [4.78, 5) is 15.4. The van der Waals surface area contributed by atoms with Gasteiger partial charge in [0.05, 0.1) is 0 Å². The highest BCUT2D eigenvalue weighted by Crippen LogP contribution is 2.34. The molecular formula is C20H18N2O3. The summed E-state index contributed by atoms with van der Waals surface area (Å²) >= 11 is 0. The van der Waals surface area contributed by atoms with E-state index in [4.69, 9.17) is 9.47 Å². The number of fused-ring (bicyclic) bond motifs is 3. The van der Waals surface area contributed by atoms with Gasteiger partial charge < -0.3 is 19.8 Å². The Kier molecular flexibility index (Phi) is 3.20. The maximum atomic E-state index is 12.4. The largest absolute Gasteiger partial charge is 0.454 e. The van der Waals surface area contributed by atoms with E-state index in [-0.39, 0.29) is 12.4 Å². The maximum Gasteiger partial charge on any atom is 0.253 e. The Bertz CT molecular complexity index is 1040. The Hall–Kier alpha value is -2.95. The lowest BCUT2D eigenvalue weighted by molar-refractivity contribution is 0.174. The number of H-pyrrole nitrogens is 1. The van der Waals surface area contributed by atoms with Crippen LogP contribution in [0.5, 0.6) is 11.5 Å². The highest BCUT2D eigenvalue weighted by molar-refractivity contribution is 5.81. The number of aromatic nitrogens is 1. The molecule has 0 saturated heterocycles. The van der Waals surface area contributed by atoms with Crippen LogP contribution in [0.25, 0.3) is 10.9 Å². The fraction of sp³-hybridized carbons (Fsp3) is 0.250. The minimum Gasteiger partial charge on any atom is -0.454 e. The standard InChI is InChI=1S/C20H18N2O3/c23-20-15(10-21-16-4-5-18-19(9-16)25-11-24-18)7-14-6-12-2-1-3-13(12)8-17(14)22-20/h4-9,21H,1-3,10-11H2,(H,22,23). The van der Waals surface area contributed by atoms with Crippen molar-refractivity contribution < 1.29 is 9.47 Å². The average molecular weight is 334 g/mol. The molecule has 1 aliphatic carbocycles. The SMILES string of the molecule is O=c1[nH]c2cc3c(cc2cc1CNc1ccc2c(c1)OCO2)CCC3. The first-order valence-electron chi connectivity index (χ1n) is 8.57. The molecule has 0 spiro atoms. The van der Waals surface area contributed by atoms with E-state index < -0.39 is 0 Å². The lowest BCUT2D eigenvalue weighted by atomic mass is 10.0. The van der Waals surface area contributed by atoms with Crippen molar-refractivity contribution in [3.63, 3.8) is 0 Å². The number of ether oxygens (including phenoxy) is 2. The van der Waals surface area contributed by atoms with Gasteiger partial charge in [-0.15, -0.1) is 0 Å². The van der Waals surface area contributed by atoms with Crippen LogP contribution in [0.4, 0.5) is 5.69 Å². The molecule has 3 aromatic rings. The first-order chi connectivity index (χ1) is 12.3. The van der Waals surface area contributed by atoms with Gasteiger partial charge in [-0.2, -0.15) is 0 Å². The lowest BCUT2D eigenvalue weighted by Crippen LogP contribution is -2.15. The molecule has 2 aliphatic rings. The fourth-order valence-corrected chi connectivity index (χ4v) is 3.66. The molecule has 2 N–H and O–H groups in total. The van der Waals surface area contributed by atoms with E-state index in [1.165, 1.54) is 17.5 Å². The Morgan fingerprint density at radius 3 is 2.76 bits per heavy atom. The van der Waals surface area contributed by atoms with E-state index in [9.17, 15) is 4.79 Å². The lowest BCUT2D eigenvalue weighted by Gasteiger charge is -2.09. The van der Waals surface area contributed by atoms with E-state index in [1.54, 1.807) is 0 Å². The van der Waals surface area contributed by atoms with Crippen molar-refractivity contribution in [1.29, 1.82) is 0 Å². The third kappa shape index (κ3) is 2.52. The molecule has 0 amide bonds. The molecule has 0 atom stereocenters. The zero-order chi connectivity index (χ0) is 16.8. The summed E-state index contributed by atoms with van der Waals surface area (Å²) in [7, 11) is 0. The summed E-state index contributed by atoms with van der Waals surface area (Å²) < 4.78 is 10.7. The molecule has 5 nitrogen and oxygen atoms in total. The van der Waals surface area contributed by atoms with Gasteiger partial charge in [0.1, 0.15) is 0 Å². The van der Waals surface area contributed by atoms with Crippen LogP contribution in [-0.4, -0.2) is 11.8 Å². The van der Waals surface area contributed by atoms with Crippen molar-refractivity contribution in [2.75, 3.05) is 12.1 Å². The van der Waals surface area contributed by atoms with Crippen LogP contribution in [0.1, 0.15) is 23.1 Å². The molecule has 5 heteroatoms. The van der Waals surface area contributed by atoms with Crippen LogP contribution in [0.3, 0.4) is 0 Å². The third-order valence-electron chi connectivity index (χ3n) is 4.99. The van der Waals surface area contributed by atoms with Gasteiger partial charge in [0.2, 0.25) is 6.79 Å². The number of hydrogen-bond donors (Lipinski definition) is 2. The molecule has 126 valence electrons. The van der Waals surface area contributed by atoms with Crippen molar-refractivity contribution in [3.8, 4) is 11.5 Å². The van der Waals surface area contributed by atoms with Crippen molar-refractivity contribution in [2.24, 2.45) is 0 Å². The van der Waals surface area contributed by atoms with Crippen LogP contribution in [0.15, 0.2) is 41.2 Å². The molecular weight excluding hydrogens is 316 g/mol. The Balaban J connectivity index is 1.43. The van der Waals surface area contributed by atoms with E-state index >= 15 is 0 Å². The molecule has 0 saturated carbocycles. The Labute approximate surface area is 144 Å². The van der Waals surface area contributed by atoms with Crippen LogP contribution >= 0.6 is 0 Å². The normalized spacial score (nSPS) is 14.7. The predicted molar refractivity (Wildman–Crippen MR) is 96.5 cm³/mol. The Morgan fingerprint density at radius 2 is 1.84 bits per heavy atom. The highest BCUT2D eigenvalue weighted by atomic mass is 16.7. The number of aromatic amines is 1. The molecule has 2 heterocycles. The smallest absolute Gasteiger partial charge is 0.253 e. The van der Waals surface area contributed by atoms with Crippen molar-refractivity contribution in [3.05, 3.63) is 63.4 Å². The minimum atomic E-state index is -0.0429. The van der Waals surface area contributed by atoms with E-state index in [0.29, 0.717) is 6.54 Å². The number of anilines is 1. The van der Waals surface area contributed by atoms with Crippen molar-refractivity contribution in [2.45, 2.75) is 25.8 Å². The summed E-state index contributed by atoms with van der Waals surface area (Å²) in [6, 6.07) is 12.0. The second kappa shape index (κ2) is 5.55. The second-order valence-electron chi connectivity index (χ2n) is 6.61. The maximum absolute atomic E-state index is 12.4. The van der Waals surface area contributed by atoms with E-state index in [2.05, 4.69) is 22.4 Å². The van der Waals surface area contributed by atoms with Crippen LogP contribution in [0.2, 0.25) is 0 Å². The summed E-state index contributed by atoms with van der Waals surface area (Å²) in [6.45, 7) is 0.718. The number of nitrogens with one attached hydrogen (secondary N) is 2. The summed E-state index contributed by atoms with van der Waals surface area (Å²) in [5, 5.41) is 4.39. The Morgan fingerprint density at radius 1 is 1.00 bits per heavy atom.